The maximum absolute atomic E-state index is 15.2. The molecular weight excluding hydrogens is 605 g/mol. The number of hydrogen-bond acceptors (Lipinski definition) is 6. The lowest BCUT2D eigenvalue weighted by molar-refractivity contribution is -0.181. The van der Waals surface area contributed by atoms with Gasteiger partial charge < -0.3 is 10.2 Å². The van der Waals surface area contributed by atoms with Gasteiger partial charge in [-0.15, -0.1) is 0 Å². The molecule has 0 radical (unpaired) electrons. The number of carbonyl (C=O) groups is 1. The van der Waals surface area contributed by atoms with Gasteiger partial charge in [-0.3, -0.25) is 4.79 Å². The van der Waals surface area contributed by atoms with Crippen LogP contribution in [0, 0.1) is 5.41 Å². The molecule has 0 spiro atoms. The number of nitrogens with one attached hydrogen (secondary N) is 1. The zero-order valence-electron chi connectivity index (χ0n) is 22.8. The van der Waals surface area contributed by atoms with Crippen LogP contribution in [0.1, 0.15) is 50.8 Å². The molecule has 3 aromatic rings. The summed E-state index contributed by atoms with van der Waals surface area (Å²) in [5.74, 6) is -5.99. The van der Waals surface area contributed by atoms with E-state index in [0.29, 0.717) is 5.69 Å². The first kappa shape index (κ1) is 29.1. The van der Waals surface area contributed by atoms with Crippen LogP contribution in [0.2, 0.25) is 5.15 Å². The fourth-order valence-corrected chi connectivity index (χ4v) is 8.16. The molecule has 2 aromatic heterocycles. The lowest BCUT2D eigenvalue weighted by atomic mass is 9.87. The van der Waals surface area contributed by atoms with Crippen LogP contribution < -0.4 is 10.2 Å². The van der Waals surface area contributed by atoms with Crippen LogP contribution in [0.5, 0.6) is 0 Å². The van der Waals surface area contributed by atoms with E-state index < -0.39 is 56.7 Å². The molecule has 3 atom stereocenters. The Morgan fingerprint density at radius 1 is 1.10 bits per heavy atom. The summed E-state index contributed by atoms with van der Waals surface area (Å²) in [7, 11) is -3.22. The Bertz CT molecular complexity index is 1710. The van der Waals surface area contributed by atoms with Crippen LogP contribution in [0.25, 0.3) is 5.65 Å². The van der Waals surface area contributed by atoms with Crippen molar-refractivity contribution < 1.29 is 35.2 Å². The summed E-state index contributed by atoms with van der Waals surface area (Å²) in [6.45, 7) is 3.38. The molecule has 1 N–H and O–H groups in total. The highest BCUT2D eigenvalue weighted by Crippen LogP contribution is 2.71. The van der Waals surface area contributed by atoms with Crippen LogP contribution in [0.4, 0.5) is 33.3 Å². The van der Waals surface area contributed by atoms with Crippen molar-refractivity contribution in [3.63, 3.8) is 0 Å². The van der Waals surface area contributed by atoms with Crippen molar-refractivity contribution >= 4 is 44.4 Å². The quantitative estimate of drug-likeness (QED) is 0.399. The van der Waals surface area contributed by atoms with Crippen LogP contribution in [-0.4, -0.2) is 64.6 Å². The third-order valence-electron chi connectivity index (χ3n) is 9.25. The van der Waals surface area contributed by atoms with Gasteiger partial charge in [-0.2, -0.15) is 18.3 Å². The van der Waals surface area contributed by atoms with Crippen LogP contribution >= 0.6 is 11.6 Å². The number of aromatic nitrogens is 3. The van der Waals surface area contributed by atoms with Gasteiger partial charge in [0.1, 0.15) is 20.7 Å². The Kier molecular flexibility index (Phi) is 6.08. The van der Waals surface area contributed by atoms with E-state index >= 15 is 8.78 Å². The van der Waals surface area contributed by atoms with Crippen molar-refractivity contribution in [3.8, 4) is 0 Å². The molecule has 42 heavy (non-hydrogen) atoms. The Labute approximate surface area is 243 Å². The largest absolute Gasteiger partial charge is 0.401 e. The molecule has 15 heteroatoms. The standard InChI is InChI=1S/C27H27ClF5N5O3S/c1-23(8-10-42(40,41)11-9-23)35-22(39)25(3)20(26(25,29)30)15-4-6-16(7-5-15)37-14-24(2,27(31,32)33)21-17(37)13-34-19-12-18(28)36-38(19)21/h4-7,12-13,20H,8-11,14H2,1-3H3,(H,35,39)/t20-,24-,25+/m1/s1. The Hall–Kier alpha value is -3.00. The number of rotatable bonds is 4. The third-order valence-corrected chi connectivity index (χ3v) is 11.1. The second-order valence-electron chi connectivity index (χ2n) is 12.2. The Balaban J connectivity index is 1.28. The average molecular weight is 632 g/mol. The van der Waals surface area contributed by atoms with Crippen molar-refractivity contribution in [2.45, 2.75) is 62.6 Å². The number of hydrogen-bond donors (Lipinski definition) is 1. The fourth-order valence-electron chi connectivity index (χ4n) is 6.26. The molecule has 3 aliphatic rings. The van der Waals surface area contributed by atoms with E-state index in [-0.39, 0.29) is 52.1 Å². The number of anilines is 2. The minimum absolute atomic E-state index is 0.0109. The first-order chi connectivity index (χ1) is 19.3. The molecule has 2 fully saturated rings. The molecule has 6 rings (SSSR count). The summed E-state index contributed by atoms with van der Waals surface area (Å²) in [5.41, 5.74) is -4.70. The summed E-state index contributed by atoms with van der Waals surface area (Å²) in [4.78, 5) is 18.8. The summed E-state index contributed by atoms with van der Waals surface area (Å²) >= 11 is 5.96. The predicted octanol–water partition coefficient (Wildman–Crippen LogP) is 5.18. The number of nitrogens with zero attached hydrogens (tertiary/aromatic N) is 4. The molecule has 226 valence electrons. The molecule has 1 aliphatic carbocycles. The number of carbonyl (C=O) groups excluding carboxylic acids is 1. The maximum Gasteiger partial charge on any atom is 0.401 e. The van der Waals surface area contributed by atoms with Gasteiger partial charge in [0.2, 0.25) is 5.91 Å². The van der Waals surface area contributed by atoms with Gasteiger partial charge in [0, 0.05) is 23.8 Å². The number of amides is 1. The number of sulfone groups is 1. The molecule has 0 unspecified atom stereocenters. The zero-order valence-corrected chi connectivity index (χ0v) is 24.3. The van der Waals surface area contributed by atoms with E-state index in [9.17, 15) is 26.4 Å². The highest BCUT2D eigenvalue weighted by atomic mass is 35.5. The monoisotopic (exact) mass is 631 g/mol. The smallest absolute Gasteiger partial charge is 0.350 e. The Morgan fingerprint density at radius 2 is 1.71 bits per heavy atom. The summed E-state index contributed by atoms with van der Waals surface area (Å²) < 4.78 is 98.5. The van der Waals surface area contributed by atoms with E-state index in [1.807, 2.05) is 0 Å². The van der Waals surface area contributed by atoms with Crippen molar-refractivity contribution in [1.82, 2.24) is 19.9 Å². The maximum atomic E-state index is 15.2. The van der Waals surface area contributed by atoms with E-state index in [0.717, 1.165) is 11.4 Å². The van der Waals surface area contributed by atoms with Gasteiger partial charge in [-0.25, -0.2) is 26.7 Å². The Morgan fingerprint density at radius 3 is 2.31 bits per heavy atom. The molecular formula is C27H27ClF5N5O3S. The number of alkyl halides is 5. The van der Waals surface area contributed by atoms with Crippen molar-refractivity contribution in [2.24, 2.45) is 5.41 Å². The number of benzene rings is 1. The van der Waals surface area contributed by atoms with Gasteiger partial charge in [0.15, 0.2) is 10.8 Å². The highest BCUT2D eigenvalue weighted by Gasteiger charge is 2.82. The van der Waals surface area contributed by atoms with Crippen LogP contribution in [-0.2, 0) is 20.0 Å². The topological polar surface area (TPSA) is 96.7 Å². The fraction of sp³-hybridized carbons (Fsp3) is 0.519. The molecule has 1 saturated heterocycles. The molecule has 2 aliphatic heterocycles. The van der Waals surface area contributed by atoms with Gasteiger partial charge in [-0.05, 0) is 51.3 Å². The molecule has 1 amide bonds. The first-order valence-corrected chi connectivity index (χ1v) is 15.4. The first-order valence-electron chi connectivity index (χ1n) is 13.2. The van der Waals surface area contributed by atoms with Crippen LogP contribution in [0.3, 0.4) is 0 Å². The summed E-state index contributed by atoms with van der Waals surface area (Å²) in [5, 5.41) is 6.68. The SMILES string of the molecule is CC1(NC(=O)[C@]2(C)[C@@H](c3ccc(N4C[C@@](C)(C(F)(F)F)c5c4cnc4cc(Cl)nn54)cc3)C2(F)F)CCS(=O)(=O)CC1. The minimum atomic E-state index is -4.66. The zero-order chi connectivity index (χ0) is 30.7. The van der Waals surface area contributed by atoms with Gasteiger partial charge in [0.25, 0.3) is 5.92 Å². The predicted molar refractivity (Wildman–Crippen MR) is 145 cm³/mol. The van der Waals surface area contributed by atoms with E-state index in [1.54, 1.807) is 6.92 Å². The third kappa shape index (κ3) is 4.11. The highest BCUT2D eigenvalue weighted by molar-refractivity contribution is 7.91. The van der Waals surface area contributed by atoms with Gasteiger partial charge >= 0.3 is 6.18 Å². The molecule has 8 nitrogen and oxygen atoms in total. The average Bonchev–Trinajstić information content (AvgIpc) is 3.17. The molecule has 0 bridgehead atoms. The van der Waals surface area contributed by atoms with Gasteiger partial charge in [0.05, 0.1) is 35.0 Å². The summed E-state index contributed by atoms with van der Waals surface area (Å²) in [6, 6.07) is 7.03. The van der Waals surface area contributed by atoms with Crippen molar-refractivity contribution in [3.05, 3.63) is 52.9 Å². The lowest BCUT2D eigenvalue weighted by Crippen LogP contribution is -2.53. The molecule has 1 saturated carbocycles. The number of fused-ring (bicyclic) bond motifs is 3. The van der Waals surface area contributed by atoms with Crippen molar-refractivity contribution in [1.29, 1.82) is 0 Å². The normalized spacial score (nSPS) is 29.4. The summed E-state index contributed by atoms with van der Waals surface area (Å²) in [6.07, 6.45) is -3.10. The minimum Gasteiger partial charge on any atom is -0.350 e. The van der Waals surface area contributed by atoms with E-state index in [4.69, 9.17) is 11.6 Å². The molecule has 1 aromatic carbocycles. The second-order valence-corrected chi connectivity index (χ2v) is 14.9. The van der Waals surface area contributed by atoms with Crippen LogP contribution in [0.15, 0.2) is 36.5 Å². The van der Waals surface area contributed by atoms with E-state index in [2.05, 4.69) is 15.4 Å². The second kappa shape index (κ2) is 8.77. The van der Waals surface area contributed by atoms with Crippen molar-refractivity contribution in [2.75, 3.05) is 23.0 Å². The molecule has 4 heterocycles. The lowest BCUT2D eigenvalue weighted by Gasteiger charge is -2.35. The van der Waals surface area contributed by atoms with E-state index in [1.165, 1.54) is 48.4 Å². The number of halogens is 6. The van der Waals surface area contributed by atoms with Gasteiger partial charge in [-0.1, -0.05) is 23.7 Å².